The number of fused-ring (bicyclic) bond motifs is 1. The summed E-state index contributed by atoms with van der Waals surface area (Å²) in [4.78, 5) is 7.22. The molecule has 0 bridgehead atoms. The van der Waals surface area contributed by atoms with Gasteiger partial charge < -0.3 is 0 Å². The molecular weight excluding hydrogens is 233 g/mol. The standard InChI is InChI=1S/C8H2Cl2F2N2/c9-7-5-4(13-8(10)14-7)2-1-3(11)6(5)12/h1-2H. The maximum atomic E-state index is 13.2. The molecule has 0 aliphatic carbocycles. The van der Waals surface area contributed by atoms with Crippen LogP contribution in [0.2, 0.25) is 10.4 Å². The van der Waals surface area contributed by atoms with Gasteiger partial charge in [-0.25, -0.2) is 18.7 Å². The van der Waals surface area contributed by atoms with Gasteiger partial charge in [-0.1, -0.05) is 11.6 Å². The highest BCUT2D eigenvalue weighted by atomic mass is 35.5. The first-order valence-corrected chi connectivity index (χ1v) is 4.32. The lowest BCUT2D eigenvalue weighted by molar-refractivity contribution is 0.516. The molecule has 72 valence electrons. The molecule has 1 heterocycles. The summed E-state index contributed by atoms with van der Waals surface area (Å²) in [6, 6.07) is 2.24. The zero-order valence-electron chi connectivity index (χ0n) is 6.56. The van der Waals surface area contributed by atoms with E-state index in [1.165, 1.54) is 6.07 Å². The molecule has 0 amide bonds. The second kappa shape index (κ2) is 3.29. The SMILES string of the molecule is Fc1ccc2nc(Cl)nc(Cl)c2c1F. The van der Waals surface area contributed by atoms with Crippen LogP contribution in [-0.2, 0) is 0 Å². The van der Waals surface area contributed by atoms with Crippen molar-refractivity contribution in [2.75, 3.05) is 0 Å². The largest absolute Gasteiger partial charge is 0.224 e. The average Bonchev–Trinajstić information content (AvgIpc) is 2.10. The Morgan fingerprint density at radius 3 is 2.50 bits per heavy atom. The van der Waals surface area contributed by atoms with Crippen molar-refractivity contribution in [3.63, 3.8) is 0 Å². The van der Waals surface area contributed by atoms with Crippen molar-refractivity contribution in [3.05, 3.63) is 34.2 Å². The second-order valence-electron chi connectivity index (χ2n) is 2.54. The van der Waals surface area contributed by atoms with E-state index in [2.05, 4.69) is 9.97 Å². The van der Waals surface area contributed by atoms with Crippen LogP contribution in [0.3, 0.4) is 0 Å². The van der Waals surface area contributed by atoms with Crippen LogP contribution in [0.1, 0.15) is 0 Å². The van der Waals surface area contributed by atoms with E-state index >= 15 is 0 Å². The van der Waals surface area contributed by atoms with E-state index < -0.39 is 11.6 Å². The predicted molar refractivity (Wildman–Crippen MR) is 49.5 cm³/mol. The van der Waals surface area contributed by atoms with Crippen molar-refractivity contribution in [2.45, 2.75) is 0 Å². The summed E-state index contributed by atoms with van der Waals surface area (Å²) in [6.07, 6.45) is 0. The van der Waals surface area contributed by atoms with Gasteiger partial charge in [-0.3, -0.25) is 0 Å². The number of nitrogens with zero attached hydrogens (tertiary/aromatic N) is 2. The Bertz CT molecular complexity index is 516. The molecule has 0 fully saturated rings. The molecular formula is C8H2Cl2F2N2. The smallest absolute Gasteiger partial charge is 0.218 e. The van der Waals surface area contributed by atoms with E-state index in [0.29, 0.717) is 0 Å². The fourth-order valence-corrected chi connectivity index (χ4v) is 1.57. The third-order valence-corrected chi connectivity index (χ3v) is 2.12. The Labute approximate surface area is 87.5 Å². The molecule has 6 heteroatoms. The number of hydrogen-bond donors (Lipinski definition) is 0. The number of halogens is 4. The van der Waals surface area contributed by atoms with Crippen LogP contribution < -0.4 is 0 Å². The normalized spacial score (nSPS) is 10.9. The fourth-order valence-electron chi connectivity index (χ4n) is 1.09. The Balaban J connectivity index is 2.95. The monoisotopic (exact) mass is 234 g/mol. The Hall–Kier alpha value is -1.00. The highest BCUT2D eigenvalue weighted by Crippen LogP contribution is 2.26. The molecule has 0 saturated heterocycles. The molecule has 0 N–H and O–H groups in total. The van der Waals surface area contributed by atoms with Gasteiger partial charge in [-0.15, -0.1) is 0 Å². The van der Waals surface area contributed by atoms with Crippen LogP contribution in [0.5, 0.6) is 0 Å². The van der Waals surface area contributed by atoms with Crippen molar-refractivity contribution in [2.24, 2.45) is 0 Å². The van der Waals surface area contributed by atoms with Crippen LogP contribution in [-0.4, -0.2) is 9.97 Å². The van der Waals surface area contributed by atoms with Gasteiger partial charge in [0.05, 0.1) is 10.9 Å². The zero-order valence-corrected chi connectivity index (χ0v) is 8.07. The lowest BCUT2D eigenvalue weighted by Crippen LogP contribution is -1.92. The third kappa shape index (κ3) is 1.40. The summed E-state index contributed by atoms with van der Waals surface area (Å²) in [5, 5.41) is -0.457. The summed E-state index contributed by atoms with van der Waals surface area (Å²) in [5.41, 5.74) is 0.175. The van der Waals surface area contributed by atoms with Crippen molar-refractivity contribution < 1.29 is 8.78 Å². The van der Waals surface area contributed by atoms with E-state index in [-0.39, 0.29) is 21.3 Å². The molecule has 2 aromatic rings. The second-order valence-corrected chi connectivity index (χ2v) is 3.24. The number of aromatic nitrogens is 2. The highest BCUT2D eigenvalue weighted by molar-refractivity contribution is 6.35. The lowest BCUT2D eigenvalue weighted by Gasteiger charge is -2.01. The summed E-state index contributed by atoms with van der Waals surface area (Å²) < 4.78 is 26.0. The van der Waals surface area contributed by atoms with Crippen molar-refractivity contribution in [3.8, 4) is 0 Å². The number of hydrogen-bond acceptors (Lipinski definition) is 2. The van der Waals surface area contributed by atoms with Gasteiger partial charge in [0.25, 0.3) is 0 Å². The van der Waals surface area contributed by atoms with Crippen LogP contribution in [0.15, 0.2) is 12.1 Å². The van der Waals surface area contributed by atoms with E-state index in [0.717, 1.165) is 6.07 Å². The first-order chi connectivity index (χ1) is 6.59. The Morgan fingerprint density at radius 2 is 1.79 bits per heavy atom. The third-order valence-electron chi connectivity index (χ3n) is 1.68. The maximum Gasteiger partial charge on any atom is 0.224 e. The molecule has 0 aliphatic heterocycles. The minimum absolute atomic E-state index is 0.103. The van der Waals surface area contributed by atoms with Gasteiger partial charge in [-0.05, 0) is 23.7 Å². The summed E-state index contributed by atoms with van der Waals surface area (Å²) >= 11 is 11.1. The lowest BCUT2D eigenvalue weighted by atomic mass is 10.2. The van der Waals surface area contributed by atoms with Gasteiger partial charge in [0.1, 0.15) is 5.15 Å². The molecule has 0 aliphatic rings. The van der Waals surface area contributed by atoms with Crippen molar-refractivity contribution in [1.82, 2.24) is 9.97 Å². The molecule has 2 nitrogen and oxygen atoms in total. The molecule has 14 heavy (non-hydrogen) atoms. The van der Waals surface area contributed by atoms with E-state index in [4.69, 9.17) is 23.2 Å². The molecule has 0 unspecified atom stereocenters. The molecule has 1 aromatic heterocycles. The molecule has 1 aromatic carbocycles. The van der Waals surface area contributed by atoms with Gasteiger partial charge in [-0.2, -0.15) is 0 Å². The van der Waals surface area contributed by atoms with Gasteiger partial charge in [0.2, 0.25) is 5.28 Å². The fraction of sp³-hybridized carbons (Fsp3) is 0. The van der Waals surface area contributed by atoms with Crippen molar-refractivity contribution >= 4 is 34.1 Å². The number of rotatable bonds is 0. The van der Waals surface area contributed by atoms with Crippen LogP contribution >= 0.6 is 23.2 Å². The minimum atomic E-state index is -1.07. The van der Waals surface area contributed by atoms with Gasteiger partial charge in [0, 0.05) is 0 Å². The average molecular weight is 235 g/mol. The topological polar surface area (TPSA) is 25.8 Å². The Morgan fingerprint density at radius 1 is 1.07 bits per heavy atom. The molecule has 0 spiro atoms. The van der Waals surface area contributed by atoms with Crippen LogP contribution in [0.4, 0.5) is 8.78 Å². The quantitative estimate of drug-likeness (QED) is 0.517. The zero-order chi connectivity index (χ0) is 10.3. The first-order valence-electron chi connectivity index (χ1n) is 3.56. The Kier molecular flexibility index (Phi) is 2.25. The van der Waals surface area contributed by atoms with Gasteiger partial charge >= 0.3 is 0 Å². The minimum Gasteiger partial charge on any atom is -0.218 e. The molecule has 0 saturated carbocycles. The van der Waals surface area contributed by atoms with Crippen LogP contribution in [0.25, 0.3) is 10.9 Å². The van der Waals surface area contributed by atoms with Crippen LogP contribution in [0, 0.1) is 11.6 Å². The summed E-state index contributed by atoms with van der Waals surface area (Å²) in [6.45, 7) is 0. The maximum absolute atomic E-state index is 13.2. The molecule has 0 radical (unpaired) electrons. The first kappa shape index (κ1) is 9.55. The number of benzene rings is 1. The van der Waals surface area contributed by atoms with Crippen molar-refractivity contribution in [1.29, 1.82) is 0 Å². The van der Waals surface area contributed by atoms with E-state index in [9.17, 15) is 8.78 Å². The van der Waals surface area contributed by atoms with E-state index in [1.54, 1.807) is 0 Å². The van der Waals surface area contributed by atoms with Gasteiger partial charge in [0.15, 0.2) is 11.6 Å². The van der Waals surface area contributed by atoms with E-state index in [1.807, 2.05) is 0 Å². The molecule has 2 rings (SSSR count). The summed E-state index contributed by atoms with van der Waals surface area (Å²) in [7, 11) is 0. The predicted octanol–water partition coefficient (Wildman–Crippen LogP) is 3.21. The molecule has 0 atom stereocenters. The highest BCUT2D eigenvalue weighted by Gasteiger charge is 2.13. The summed E-state index contributed by atoms with van der Waals surface area (Å²) in [5.74, 6) is -2.06.